The molecular formula is C14H17ClO4. The van der Waals surface area contributed by atoms with Crippen molar-refractivity contribution in [3.8, 4) is 11.5 Å². The van der Waals surface area contributed by atoms with E-state index in [-0.39, 0.29) is 0 Å². The van der Waals surface area contributed by atoms with Gasteiger partial charge in [-0.05, 0) is 30.2 Å². The van der Waals surface area contributed by atoms with E-state index in [2.05, 4.69) is 6.92 Å². The molecule has 0 atom stereocenters. The van der Waals surface area contributed by atoms with E-state index in [0.29, 0.717) is 28.7 Å². The lowest BCUT2D eigenvalue weighted by Crippen LogP contribution is -2.00. The average Bonchev–Trinajstić information content (AvgIpc) is 2.38. The van der Waals surface area contributed by atoms with Crippen LogP contribution in [-0.4, -0.2) is 24.8 Å². The summed E-state index contributed by atoms with van der Waals surface area (Å²) >= 11 is 6.12. The summed E-state index contributed by atoms with van der Waals surface area (Å²) in [4.78, 5) is 10.5. The number of benzene rings is 1. The Morgan fingerprint density at radius 1 is 1.47 bits per heavy atom. The summed E-state index contributed by atoms with van der Waals surface area (Å²) in [7, 11) is 1.52. The van der Waals surface area contributed by atoms with Crippen molar-refractivity contribution >= 4 is 23.6 Å². The van der Waals surface area contributed by atoms with E-state index in [1.165, 1.54) is 13.2 Å². The quantitative estimate of drug-likeness (QED) is 0.614. The van der Waals surface area contributed by atoms with Crippen molar-refractivity contribution < 1.29 is 19.4 Å². The molecule has 104 valence electrons. The molecule has 1 aromatic carbocycles. The van der Waals surface area contributed by atoms with Gasteiger partial charge in [0.15, 0.2) is 11.5 Å². The Labute approximate surface area is 117 Å². The molecule has 0 amide bonds. The van der Waals surface area contributed by atoms with Crippen molar-refractivity contribution in [2.45, 2.75) is 19.8 Å². The van der Waals surface area contributed by atoms with E-state index in [0.717, 1.165) is 18.9 Å². The maximum absolute atomic E-state index is 10.5. The van der Waals surface area contributed by atoms with Crippen LogP contribution in [0.3, 0.4) is 0 Å². The maximum atomic E-state index is 10.5. The van der Waals surface area contributed by atoms with Crippen LogP contribution in [0.2, 0.25) is 5.02 Å². The largest absolute Gasteiger partial charge is 0.493 e. The molecule has 0 aliphatic heterocycles. The van der Waals surface area contributed by atoms with E-state index in [9.17, 15) is 4.79 Å². The molecule has 0 aliphatic carbocycles. The smallest absolute Gasteiger partial charge is 0.328 e. The number of carboxylic acid groups (broad SMARTS) is 1. The predicted octanol–water partition coefficient (Wildman–Crippen LogP) is 3.63. The Morgan fingerprint density at radius 2 is 2.21 bits per heavy atom. The van der Waals surface area contributed by atoms with E-state index < -0.39 is 5.97 Å². The normalized spacial score (nSPS) is 10.7. The summed E-state index contributed by atoms with van der Waals surface area (Å²) in [6.07, 6.45) is 4.45. The van der Waals surface area contributed by atoms with Crippen molar-refractivity contribution in [3.05, 3.63) is 28.8 Å². The van der Waals surface area contributed by atoms with Crippen LogP contribution in [0, 0.1) is 0 Å². The molecule has 0 heterocycles. The Kier molecular flexibility index (Phi) is 6.22. The van der Waals surface area contributed by atoms with Crippen LogP contribution < -0.4 is 9.47 Å². The van der Waals surface area contributed by atoms with Gasteiger partial charge >= 0.3 is 5.97 Å². The van der Waals surface area contributed by atoms with Crippen LogP contribution in [0.1, 0.15) is 25.3 Å². The SMILES string of the molecule is CCCCOc1c(Cl)cc(C=CC(=O)O)cc1OC. The number of ether oxygens (including phenoxy) is 2. The van der Waals surface area contributed by atoms with Gasteiger partial charge in [0.25, 0.3) is 0 Å². The van der Waals surface area contributed by atoms with E-state index in [1.807, 2.05) is 0 Å². The summed E-state index contributed by atoms with van der Waals surface area (Å²) in [5, 5.41) is 9.00. The third-order valence-electron chi connectivity index (χ3n) is 2.41. The van der Waals surface area contributed by atoms with Crippen LogP contribution in [0.25, 0.3) is 6.08 Å². The zero-order valence-electron chi connectivity index (χ0n) is 11.0. The second kappa shape index (κ2) is 7.69. The Bertz CT molecular complexity index is 469. The summed E-state index contributed by atoms with van der Waals surface area (Å²) in [6.45, 7) is 2.64. The van der Waals surface area contributed by atoms with Gasteiger partial charge in [-0.3, -0.25) is 0 Å². The van der Waals surface area contributed by atoms with Gasteiger partial charge in [-0.1, -0.05) is 24.9 Å². The van der Waals surface area contributed by atoms with Crippen molar-refractivity contribution in [2.75, 3.05) is 13.7 Å². The average molecular weight is 285 g/mol. The molecule has 5 heteroatoms. The number of methoxy groups -OCH3 is 1. The van der Waals surface area contributed by atoms with Crippen LogP contribution in [0.5, 0.6) is 11.5 Å². The third kappa shape index (κ3) is 4.83. The summed E-state index contributed by atoms with van der Waals surface area (Å²) in [5.41, 5.74) is 0.645. The highest BCUT2D eigenvalue weighted by molar-refractivity contribution is 6.32. The van der Waals surface area contributed by atoms with Gasteiger partial charge in [0, 0.05) is 6.08 Å². The van der Waals surface area contributed by atoms with Gasteiger partial charge in [0.1, 0.15) is 0 Å². The van der Waals surface area contributed by atoms with Gasteiger partial charge in [-0.15, -0.1) is 0 Å². The fourth-order valence-electron chi connectivity index (χ4n) is 1.46. The number of carboxylic acids is 1. The highest BCUT2D eigenvalue weighted by atomic mass is 35.5. The van der Waals surface area contributed by atoms with Crippen LogP contribution >= 0.6 is 11.6 Å². The van der Waals surface area contributed by atoms with Crippen molar-refractivity contribution in [1.29, 1.82) is 0 Å². The van der Waals surface area contributed by atoms with Gasteiger partial charge in [0.2, 0.25) is 0 Å². The predicted molar refractivity (Wildman–Crippen MR) is 75.1 cm³/mol. The molecule has 0 spiro atoms. The molecule has 1 rings (SSSR count). The number of aliphatic carboxylic acids is 1. The minimum Gasteiger partial charge on any atom is -0.493 e. The molecule has 4 nitrogen and oxygen atoms in total. The molecule has 0 aliphatic rings. The number of carbonyl (C=O) groups is 1. The molecule has 0 aromatic heterocycles. The zero-order valence-corrected chi connectivity index (χ0v) is 11.7. The highest BCUT2D eigenvalue weighted by Crippen LogP contribution is 2.36. The Hall–Kier alpha value is -1.68. The molecule has 1 N–H and O–H groups in total. The first-order valence-electron chi connectivity index (χ1n) is 5.99. The fourth-order valence-corrected chi connectivity index (χ4v) is 1.74. The molecular weight excluding hydrogens is 268 g/mol. The van der Waals surface area contributed by atoms with Crippen molar-refractivity contribution in [1.82, 2.24) is 0 Å². The molecule has 0 unspecified atom stereocenters. The number of hydrogen-bond donors (Lipinski definition) is 1. The molecule has 19 heavy (non-hydrogen) atoms. The monoisotopic (exact) mass is 284 g/mol. The first-order valence-corrected chi connectivity index (χ1v) is 6.37. The van der Waals surface area contributed by atoms with Crippen molar-refractivity contribution in [3.63, 3.8) is 0 Å². The van der Waals surface area contributed by atoms with Crippen molar-refractivity contribution in [2.24, 2.45) is 0 Å². The standard InChI is InChI=1S/C14H17ClO4/c1-3-4-7-19-14-11(15)8-10(5-6-13(16)17)9-12(14)18-2/h5-6,8-9H,3-4,7H2,1-2H3,(H,16,17). The first-order chi connectivity index (χ1) is 9.08. The summed E-state index contributed by atoms with van der Waals surface area (Å²) < 4.78 is 10.8. The number of rotatable bonds is 7. The van der Waals surface area contributed by atoms with Crippen LogP contribution in [0.4, 0.5) is 0 Å². The molecule has 0 fully saturated rings. The topological polar surface area (TPSA) is 55.8 Å². The van der Waals surface area contributed by atoms with Gasteiger partial charge in [-0.25, -0.2) is 4.79 Å². The zero-order chi connectivity index (χ0) is 14.3. The lowest BCUT2D eigenvalue weighted by Gasteiger charge is -2.13. The van der Waals surface area contributed by atoms with E-state index in [4.69, 9.17) is 26.2 Å². The second-order valence-electron chi connectivity index (χ2n) is 3.91. The second-order valence-corrected chi connectivity index (χ2v) is 4.31. The third-order valence-corrected chi connectivity index (χ3v) is 2.70. The van der Waals surface area contributed by atoms with E-state index >= 15 is 0 Å². The fraction of sp³-hybridized carbons (Fsp3) is 0.357. The number of unbranched alkanes of at least 4 members (excludes halogenated alkanes) is 1. The minimum atomic E-state index is -1.02. The molecule has 1 aromatic rings. The molecule has 0 radical (unpaired) electrons. The van der Waals surface area contributed by atoms with Gasteiger partial charge in [0.05, 0.1) is 18.7 Å². The van der Waals surface area contributed by atoms with Gasteiger partial charge < -0.3 is 14.6 Å². The lowest BCUT2D eigenvalue weighted by molar-refractivity contribution is -0.131. The number of hydrogen-bond acceptors (Lipinski definition) is 3. The van der Waals surface area contributed by atoms with Crippen LogP contribution in [0.15, 0.2) is 18.2 Å². The lowest BCUT2D eigenvalue weighted by atomic mass is 10.2. The molecule has 0 saturated carbocycles. The first kappa shape index (κ1) is 15.4. The minimum absolute atomic E-state index is 0.403. The highest BCUT2D eigenvalue weighted by Gasteiger charge is 2.11. The molecule has 0 saturated heterocycles. The number of halogens is 1. The Morgan fingerprint density at radius 3 is 2.79 bits per heavy atom. The van der Waals surface area contributed by atoms with Gasteiger partial charge in [-0.2, -0.15) is 0 Å². The summed E-state index contributed by atoms with van der Waals surface area (Å²) in [5.74, 6) is -0.0305. The Balaban J connectivity index is 2.97. The van der Waals surface area contributed by atoms with Crippen LogP contribution in [-0.2, 0) is 4.79 Å². The summed E-state index contributed by atoms with van der Waals surface area (Å²) in [6, 6.07) is 3.33. The van der Waals surface area contributed by atoms with E-state index in [1.54, 1.807) is 12.1 Å². The molecule has 0 bridgehead atoms. The maximum Gasteiger partial charge on any atom is 0.328 e.